The lowest BCUT2D eigenvalue weighted by molar-refractivity contribution is -0.131. The summed E-state index contributed by atoms with van der Waals surface area (Å²) in [6, 6.07) is 0.585. The average Bonchev–Trinajstić information content (AvgIpc) is 2.75. The second kappa shape index (κ2) is 6.89. The van der Waals surface area contributed by atoms with Gasteiger partial charge in [-0.25, -0.2) is 0 Å². The first kappa shape index (κ1) is 13.5. The Morgan fingerprint density at radius 2 is 2.25 bits per heavy atom. The van der Waals surface area contributed by atoms with Gasteiger partial charge in [-0.2, -0.15) is 0 Å². The first-order chi connectivity index (χ1) is 7.63. The summed E-state index contributed by atoms with van der Waals surface area (Å²) in [5, 5.41) is 3.44. The van der Waals surface area contributed by atoms with Gasteiger partial charge in [-0.15, -0.1) is 0 Å². The molecule has 0 saturated carbocycles. The Hall–Kier alpha value is -0.570. The van der Waals surface area contributed by atoms with Crippen LogP contribution < -0.4 is 5.32 Å². The van der Waals surface area contributed by atoms with Crippen LogP contribution in [0.15, 0.2) is 0 Å². The lowest BCUT2D eigenvalue weighted by atomic mass is 10.1. The van der Waals surface area contributed by atoms with Crippen molar-refractivity contribution >= 4 is 5.91 Å². The predicted octanol–water partition coefficient (Wildman–Crippen LogP) is 2.02. The SMILES string of the molecule is CCN(CC(C)C)C(=O)CCC1CCCN1. The molecule has 0 aliphatic carbocycles. The normalized spacial score (nSPS) is 20.4. The third-order valence-electron chi connectivity index (χ3n) is 3.19. The van der Waals surface area contributed by atoms with Gasteiger partial charge in [0.05, 0.1) is 0 Å². The molecule has 16 heavy (non-hydrogen) atoms. The summed E-state index contributed by atoms with van der Waals surface area (Å²) in [6.45, 7) is 9.25. The molecule has 1 saturated heterocycles. The number of nitrogens with one attached hydrogen (secondary N) is 1. The smallest absolute Gasteiger partial charge is 0.222 e. The standard InChI is InChI=1S/C13H26N2O/c1-4-15(10-11(2)3)13(16)8-7-12-6-5-9-14-12/h11-12,14H,4-10H2,1-3H3. The molecule has 3 nitrogen and oxygen atoms in total. The Bertz CT molecular complexity index is 210. The van der Waals surface area contributed by atoms with E-state index in [1.165, 1.54) is 12.8 Å². The number of rotatable bonds is 6. The molecule has 94 valence electrons. The van der Waals surface area contributed by atoms with Gasteiger partial charge >= 0.3 is 0 Å². The maximum absolute atomic E-state index is 12.0. The Morgan fingerprint density at radius 3 is 2.75 bits per heavy atom. The van der Waals surface area contributed by atoms with Gasteiger partial charge in [-0.1, -0.05) is 13.8 Å². The molecule has 1 unspecified atom stereocenters. The van der Waals surface area contributed by atoms with Crippen LogP contribution in [0.2, 0.25) is 0 Å². The Kier molecular flexibility index (Phi) is 5.81. The van der Waals surface area contributed by atoms with Gasteiger partial charge in [-0.3, -0.25) is 4.79 Å². The van der Waals surface area contributed by atoms with E-state index in [-0.39, 0.29) is 0 Å². The van der Waals surface area contributed by atoms with Crippen LogP contribution in [-0.2, 0) is 4.79 Å². The summed E-state index contributed by atoms with van der Waals surface area (Å²) in [7, 11) is 0. The molecule has 0 radical (unpaired) electrons. The maximum Gasteiger partial charge on any atom is 0.222 e. The molecule has 0 aromatic rings. The summed E-state index contributed by atoms with van der Waals surface area (Å²) in [6.07, 6.45) is 4.22. The minimum Gasteiger partial charge on any atom is -0.343 e. The minimum atomic E-state index is 0.324. The fraction of sp³-hybridized carbons (Fsp3) is 0.923. The number of hydrogen-bond donors (Lipinski definition) is 1. The summed E-state index contributed by atoms with van der Waals surface area (Å²) < 4.78 is 0. The Morgan fingerprint density at radius 1 is 1.50 bits per heavy atom. The monoisotopic (exact) mass is 226 g/mol. The van der Waals surface area contributed by atoms with Gasteiger partial charge in [0.25, 0.3) is 0 Å². The van der Waals surface area contributed by atoms with Crippen LogP contribution in [0.5, 0.6) is 0 Å². The zero-order valence-corrected chi connectivity index (χ0v) is 11.0. The molecule has 1 amide bonds. The molecule has 0 aromatic carbocycles. The van der Waals surface area contributed by atoms with Crippen LogP contribution in [0.25, 0.3) is 0 Å². The van der Waals surface area contributed by atoms with E-state index >= 15 is 0 Å². The van der Waals surface area contributed by atoms with Crippen LogP contribution in [-0.4, -0.2) is 36.5 Å². The Balaban J connectivity index is 2.25. The van der Waals surface area contributed by atoms with Gasteiger partial charge in [-0.05, 0) is 38.6 Å². The lowest BCUT2D eigenvalue weighted by Gasteiger charge is -2.23. The van der Waals surface area contributed by atoms with E-state index in [0.717, 1.165) is 26.1 Å². The highest BCUT2D eigenvalue weighted by atomic mass is 16.2. The second-order valence-corrected chi connectivity index (χ2v) is 5.16. The van der Waals surface area contributed by atoms with Crippen molar-refractivity contribution in [3.63, 3.8) is 0 Å². The summed E-state index contributed by atoms with van der Waals surface area (Å²) in [5.74, 6) is 0.887. The Labute approximate surface area is 99.6 Å². The highest BCUT2D eigenvalue weighted by molar-refractivity contribution is 5.76. The molecular weight excluding hydrogens is 200 g/mol. The number of carbonyl (C=O) groups excluding carboxylic acids is 1. The van der Waals surface area contributed by atoms with Crippen molar-refractivity contribution in [2.75, 3.05) is 19.6 Å². The largest absolute Gasteiger partial charge is 0.343 e. The van der Waals surface area contributed by atoms with Gasteiger partial charge < -0.3 is 10.2 Å². The van der Waals surface area contributed by atoms with Crippen molar-refractivity contribution in [2.45, 2.75) is 52.5 Å². The highest BCUT2D eigenvalue weighted by Gasteiger charge is 2.18. The van der Waals surface area contributed by atoms with E-state index in [1.807, 2.05) is 4.90 Å². The van der Waals surface area contributed by atoms with Crippen molar-refractivity contribution in [2.24, 2.45) is 5.92 Å². The van der Waals surface area contributed by atoms with Crippen molar-refractivity contribution in [1.82, 2.24) is 10.2 Å². The second-order valence-electron chi connectivity index (χ2n) is 5.16. The lowest BCUT2D eigenvalue weighted by Crippen LogP contribution is -2.35. The van der Waals surface area contributed by atoms with Crippen molar-refractivity contribution < 1.29 is 4.79 Å². The molecule has 1 heterocycles. The molecule has 1 aliphatic heterocycles. The molecular formula is C13H26N2O. The van der Waals surface area contributed by atoms with Crippen LogP contribution in [0.3, 0.4) is 0 Å². The third-order valence-corrected chi connectivity index (χ3v) is 3.19. The number of amides is 1. The van der Waals surface area contributed by atoms with E-state index in [1.54, 1.807) is 0 Å². The molecule has 0 bridgehead atoms. The van der Waals surface area contributed by atoms with Crippen LogP contribution in [0, 0.1) is 5.92 Å². The van der Waals surface area contributed by atoms with E-state index < -0.39 is 0 Å². The van der Waals surface area contributed by atoms with Gasteiger partial charge in [0.15, 0.2) is 0 Å². The van der Waals surface area contributed by atoms with E-state index in [4.69, 9.17) is 0 Å². The van der Waals surface area contributed by atoms with E-state index in [0.29, 0.717) is 24.3 Å². The summed E-state index contributed by atoms with van der Waals surface area (Å²) >= 11 is 0. The molecule has 1 rings (SSSR count). The van der Waals surface area contributed by atoms with Crippen molar-refractivity contribution in [3.8, 4) is 0 Å². The minimum absolute atomic E-state index is 0.324. The van der Waals surface area contributed by atoms with Crippen molar-refractivity contribution in [3.05, 3.63) is 0 Å². The zero-order chi connectivity index (χ0) is 12.0. The molecule has 0 aromatic heterocycles. The fourth-order valence-electron chi connectivity index (χ4n) is 2.31. The number of carbonyl (C=O) groups is 1. The summed E-state index contributed by atoms with van der Waals surface area (Å²) in [4.78, 5) is 14.0. The summed E-state index contributed by atoms with van der Waals surface area (Å²) in [5.41, 5.74) is 0. The average molecular weight is 226 g/mol. The van der Waals surface area contributed by atoms with Crippen molar-refractivity contribution in [1.29, 1.82) is 0 Å². The van der Waals surface area contributed by atoms with Gasteiger partial charge in [0.2, 0.25) is 5.91 Å². The molecule has 3 heteroatoms. The quantitative estimate of drug-likeness (QED) is 0.751. The van der Waals surface area contributed by atoms with E-state index in [9.17, 15) is 4.79 Å². The van der Waals surface area contributed by atoms with E-state index in [2.05, 4.69) is 26.1 Å². The van der Waals surface area contributed by atoms with Crippen LogP contribution in [0.1, 0.15) is 46.5 Å². The molecule has 1 N–H and O–H groups in total. The molecule has 1 fully saturated rings. The maximum atomic E-state index is 12.0. The molecule has 0 spiro atoms. The molecule has 1 aliphatic rings. The topological polar surface area (TPSA) is 32.3 Å². The van der Waals surface area contributed by atoms with Crippen LogP contribution >= 0.6 is 0 Å². The predicted molar refractivity (Wildman–Crippen MR) is 67.4 cm³/mol. The molecule has 1 atom stereocenters. The zero-order valence-electron chi connectivity index (χ0n) is 11.0. The van der Waals surface area contributed by atoms with Gasteiger partial charge in [0, 0.05) is 25.6 Å². The highest BCUT2D eigenvalue weighted by Crippen LogP contribution is 2.12. The first-order valence-corrected chi connectivity index (χ1v) is 6.64. The van der Waals surface area contributed by atoms with Gasteiger partial charge in [0.1, 0.15) is 0 Å². The third kappa shape index (κ3) is 4.52. The first-order valence-electron chi connectivity index (χ1n) is 6.64. The van der Waals surface area contributed by atoms with Crippen LogP contribution in [0.4, 0.5) is 0 Å². The fourth-order valence-corrected chi connectivity index (χ4v) is 2.31. The number of hydrogen-bond acceptors (Lipinski definition) is 2. The number of nitrogens with zero attached hydrogens (tertiary/aromatic N) is 1.